The van der Waals surface area contributed by atoms with Crippen LogP contribution in [-0.2, 0) is 22.7 Å². The van der Waals surface area contributed by atoms with Crippen molar-refractivity contribution in [2.24, 2.45) is 5.92 Å². The van der Waals surface area contributed by atoms with E-state index in [1.807, 2.05) is 42.5 Å². The van der Waals surface area contributed by atoms with Gasteiger partial charge in [0.05, 0.1) is 12.3 Å². The smallest absolute Gasteiger partial charge is 0.246 e. The number of aromatic nitrogens is 1. The SMILES string of the molecule is O=C(COCC1CC1)NCc1cccc(OCc2ccccn2)c1. The number of hydrogen-bond donors (Lipinski definition) is 1. The molecule has 126 valence electrons. The lowest BCUT2D eigenvalue weighted by molar-refractivity contribution is -0.126. The molecule has 24 heavy (non-hydrogen) atoms. The highest BCUT2D eigenvalue weighted by Crippen LogP contribution is 2.28. The molecule has 1 fully saturated rings. The van der Waals surface area contributed by atoms with E-state index in [0.29, 0.717) is 25.7 Å². The van der Waals surface area contributed by atoms with Gasteiger partial charge >= 0.3 is 0 Å². The Labute approximate surface area is 142 Å². The fourth-order valence-electron chi connectivity index (χ4n) is 2.24. The predicted molar refractivity (Wildman–Crippen MR) is 90.4 cm³/mol. The Morgan fingerprint density at radius 1 is 1.21 bits per heavy atom. The highest BCUT2D eigenvalue weighted by molar-refractivity contribution is 5.77. The van der Waals surface area contributed by atoms with Crippen molar-refractivity contribution in [3.63, 3.8) is 0 Å². The van der Waals surface area contributed by atoms with Gasteiger partial charge in [-0.25, -0.2) is 0 Å². The molecule has 0 saturated heterocycles. The van der Waals surface area contributed by atoms with Crippen molar-refractivity contribution in [3.8, 4) is 5.75 Å². The summed E-state index contributed by atoms with van der Waals surface area (Å²) < 4.78 is 11.1. The maximum atomic E-state index is 11.7. The van der Waals surface area contributed by atoms with Crippen LogP contribution in [0.15, 0.2) is 48.7 Å². The summed E-state index contributed by atoms with van der Waals surface area (Å²) in [6.45, 7) is 1.72. The topological polar surface area (TPSA) is 60.5 Å². The Bertz CT molecular complexity index is 657. The van der Waals surface area contributed by atoms with Gasteiger partial charge in [0.25, 0.3) is 0 Å². The Morgan fingerprint density at radius 3 is 2.92 bits per heavy atom. The molecule has 1 N–H and O–H groups in total. The fraction of sp³-hybridized carbons (Fsp3) is 0.368. The maximum absolute atomic E-state index is 11.7. The minimum absolute atomic E-state index is 0.0875. The standard InChI is InChI=1S/C19H22N2O3/c22-19(14-23-12-15-7-8-15)21-11-16-4-3-6-18(10-16)24-13-17-5-1-2-9-20-17/h1-6,9-10,15H,7-8,11-14H2,(H,21,22). The molecule has 0 unspecified atom stereocenters. The van der Waals surface area contributed by atoms with E-state index >= 15 is 0 Å². The molecule has 1 aliphatic carbocycles. The first kappa shape index (κ1) is 16.5. The van der Waals surface area contributed by atoms with Crippen LogP contribution in [0.2, 0.25) is 0 Å². The zero-order valence-electron chi connectivity index (χ0n) is 13.6. The number of rotatable bonds is 9. The first-order chi connectivity index (χ1) is 11.8. The molecule has 0 radical (unpaired) electrons. The molecule has 3 rings (SSSR count). The first-order valence-electron chi connectivity index (χ1n) is 8.26. The van der Waals surface area contributed by atoms with Crippen LogP contribution in [-0.4, -0.2) is 24.1 Å². The average Bonchev–Trinajstić information content (AvgIpc) is 3.44. The van der Waals surface area contributed by atoms with E-state index in [-0.39, 0.29) is 12.5 Å². The van der Waals surface area contributed by atoms with Crippen molar-refractivity contribution >= 4 is 5.91 Å². The molecule has 1 amide bonds. The number of hydrogen-bond acceptors (Lipinski definition) is 4. The number of benzene rings is 1. The fourth-order valence-corrected chi connectivity index (χ4v) is 2.24. The van der Waals surface area contributed by atoms with Crippen molar-refractivity contribution in [1.29, 1.82) is 0 Å². The minimum atomic E-state index is -0.0875. The number of nitrogens with one attached hydrogen (secondary N) is 1. The summed E-state index contributed by atoms with van der Waals surface area (Å²) in [6.07, 6.45) is 4.20. The van der Waals surface area contributed by atoms with E-state index in [9.17, 15) is 4.79 Å². The van der Waals surface area contributed by atoms with Crippen molar-refractivity contribution < 1.29 is 14.3 Å². The molecule has 1 saturated carbocycles. The summed E-state index contributed by atoms with van der Waals surface area (Å²) >= 11 is 0. The van der Waals surface area contributed by atoms with Gasteiger partial charge in [0, 0.05) is 12.7 Å². The van der Waals surface area contributed by atoms with Crippen LogP contribution in [0.3, 0.4) is 0 Å². The minimum Gasteiger partial charge on any atom is -0.487 e. The van der Waals surface area contributed by atoms with Crippen LogP contribution in [0.25, 0.3) is 0 Å². The lowest BCUT2D eigenvalue weighted by Gasteiger charge is -2.09. The third-order valence-electron chi connectivity index (χ3n) is 3.78. The number of nitrogens with zero attached hydrogens (tertiary/aromatic N) is 1. The Kier molecular flexibility index (Phi) is 5.80. The molecule has 1 aliphatic rings. The molecule has 0 atom stereocenters. The molecule has 0 spiro atoms. The lowest BCUT2D eigenvalue weighted by Crippen LogP contribution is -2.27. The second kappa shape index (κ2) is 8.45. The zero-order valence-corrected chi connectivity index (χ0v) is 13.6. The van der Waals surface area contributed by atoms with E-state index in [1.165, 1.54) is 12.8 Å². The first-order valence-corrected chi connectivity index (χ1v) is 8.26. The van der Waals surface area contributed by atoms with Gasteiger partial charge in [-0.1, -0.05) is 18.2 Å². The summed E-state index contributed by atoms with van der Waals surface area (Å²) in [7, 11) is 0. The van der Waals surface area contributed by atoms with E-state index in [2.05, 4.69) is 10.3 Å². The van der Waals surface area contributed by atoms with Crippen molar-refractivity contribution in [3.05, 3.63) is 59.9 Å². The van der Waals surface area contributed by atoms with Gasteiger partial charge in [-0.2, -0.15) is 0 Å². The van der Waals surface area contributed by atoms with Gasteiger partial charge in [0.2, 0.25) is 5.91 Å². The average molecular weight is 326 g/mol. The third kappa shape index (κ3) is 5.66. The summed E-state index contributed by atoms with van der Waals surface area (Å²) in [5, 5.41) is 2.86. The predicted octanol–water partition coefficient (Wildman–Crippen LogP) is 2.70. The van der Waals surface area contributed by atoms with Gasteiger partial charge in [-0.15, -0.1) is 0 Å². The van der Waals surface area contributed by atoms with E-state index in [0.717, 1.165) is 17.0 Å². The van der Waals surface area contributed by atoms with Gasteiger partial charge in [-0.3, -0.25) is 9.78 Å². The maximum Gasteiger partial charge on any atom is 0.246 e. The normalized spacial score (nSPS) is 13.5. The van der Waals surface area contributed by atoms with Gasteiger partial charge in [-0.05, 0) is 48.6 Å². The Balaban J connectivity index is 1.41. The third-order valence-corrected chi connectivity index (χ3v) is 3.78. The number of ether oxygens (including phenoxy) is 2. The van der Waals surface area contributed by atoms with Crippen LogP contribution in [0.1, 0.15) is 24.1 Å². The van der Waals surface area contributed by atoms with E-state index in [1.54, 1.807) is 6.20 Å². The second-order valence-electron chi connectivity index (χ2n) is 5.99. The van der Waals surface area contributed by atoms with Crippen molar-refractivity contribution in [2.45, 2.75) is 26.0 Å². The van der Waals surface area contributed by atoms with Gasteiger partial charge < -0.3 is 14.8 Å². The van der Waals surface area contributed by atoms with Crippen LogP contribution in [0.5, 0.6) is 5.75 Å². The van der Waals surface area contributed by atoms with E-state index in [4.69, 9.17) is 9.47 Å². The summed E-state index contributed by atoms with van der Waals surface area (Å²) in [5.41, 5.74) is 1.87. The van der Waals surface area contributed by atoms with Crippen molar-refractivity contribution in [2.75, 3.05) is 13.2 Å². The highest BCUT2D eigenvalue weighted by atomic mass is 16.5. The molecule has 5 nitrogen and oxygen atoms in total. The molecule has 1 aromatic heterocycles. The van der Waals surface area contributed by atoms with Gasteiger partial charge in [0.15, 0.2) is 0 Å². The highest BCUT2D eigenvalue weighted by Gasteiger charge is 2.21. The zero-order chi connectivity index (χ0) is 16.6. The van der Waals surface area contributed by atoms with Crippen LogP contribution >= 0.6 is 0 Å². The van der Waals surface area contributed by atoms with Crippen molar-refractivity contribution in [1.82, 2.24) is 10.3 Å². The van der Waals surface area contributed by atoms with E-state index < -0.39 is 0 Å². The molecular formula is C19H22N2O3. The number of carbonyl (C=O) groups excluding carboxylic acids is 1. The molecule has 5 heteroatoms. The second-order valence-corrected chi connectivity index (χ2v) is 5.99. The molecule has 1 aromatic carbocycles. The van der Waals surface area contributed by atoms with Gasteiger partial charge in [0.1, 0.15) is 19.0 Å². The Morgan fingerprint density at radius 2 is 2.12 bits per heavy atom. The lowest BCUT2D eigenvalue weighted by atomic mass is 10.2. The molecular weight excluding hydrogens is 304 g/mol. The molecule has 0 bridgehead atoms. The monoisotopic (exact) mass is 326 g/mol. The Hall–Kier alpha value is -2.40. The summed E-state index contributed by atoms with van der Waals surface area (Å²) in [4.78, 5) is 16.0. The molecule has 0 aliphatic heterocycles. The van der Waals surface area contributed by atoms with Crippen LogP contribution < -0.4 is 10.1 Å². The number of pyridine rings is 1. The molecule has 1 heterocycles. The number of carbonyl (C=O) groups is 1. The summed E-state index contributed by atoms with van der Waals surface area (Å²) in [5.74, 6) is 1.35. The summed E-state index contributed by atoms with van der Waals surface area (Å²) in [6, 6.07) is 13.4. The largest absolute Gasteiger partial charge is 0.487 e. The number of amides is 1. The van der Waals surface area contributed by atoms with Crippen LogP contribution in [0.4, 0.5) is 0 Å². The molecule has 2 aromatic rings. The quantitative estimate of drug-likeness (QED) is 0.770. The van der Waals surface area contributed by atoms with Crippen LogP contribution in [0, 0.1) is 5.92 Å².